The Labute approximate surface area is 117 Å². The number of likely N-dealkylation sites (tertiary alicyclic amines) is 1. The van der Waals surface area contributed by atoms with Crippen LogP contribution < -0.4 is 5.73 Å². The highest BCUT2D eigenvalue weighted by atomic mass is 19.4. The number of rotatable bonds is 1. The molecule has 2 N–H and O–H groups in total. The largest absolute Gasteiger partial charge is 0.391 e. The van der Waals surface area contributed by atoms with Crippen LogP contribution in [0.4, 0.5) is 13.2 Å². The highest BCUT2D eigenvalue weighted by molar-refractivity contribution is 5.86. The van der Waals surface area contributed by atoms with Crippen LogP contribution in [-0.2, 0) is 4.79 Å². The fourth-order valence-corrected chi connectivity index (χ4v) is 3.51. The molecule has 0 aromatic rings. The number of hydrogen-bond donors (Lipinski definition) is 1. The normalized spacial score (nSPS) is 33.2. The molecule has 2 aliphatic rings. The Kier molecular flexibility index (Phi) is 4.33. The summed E-state index contributed by atoms with van der Waals surface area (Å²) < 4.78 is 37.9. The first kappa shape index (κ1) is 15.6. The van der Waals surface area contributed by atoms with Crippen molar-refractivity contribution in [3.05, 3.63) is 0 Å². The second-order valence-corrected chi connectivity index (χ2v) is 6.47. The van der Waals surface area contributed by atoms with Gasteiger partial charge in [-0.25, -0.2) is 0 Å². The Hall–Kier alpha value is -0.780. The molecule has 0 spiro atoms. The summed E-state index contributed by atoms with van der Waals surface area (Å²) in [6.07, 6.45) is -0.859. The van der Waals surface area contributed by atoms with E-state index in [4.69, 9.17) is 5.73 Å². The van der Waals surface area contributed by atoms with Crippen LogP contribution in [0.25, 0.3) is 0 Å². The van der Waals surface area contributed by atoms with Gasteiger partial charge < -0.3 is 10.6 Å². The van der Waals surface area contributed by atoms with Gasteiger partial charge >= 0.3 is 6.18 Å². The molecule has 20 heavy (non-hydrogen) atoms. The number of halogens is 3. The molecule has 0 radical (unpaired) electrons. The summed E-state index contributed by atoms with van der Waals surface area (Å²) in [4.78, 5) is 14.0. The lowest BCUT2D eigenvalue weighted by molar-refractivity contribution is -0.187. The summed E-state index contributed by atoms with van der Waals surface area (Å²) in [5.74, 6) is -1.01. The van der Waals surface area contributed by atoms with Gasteiger partial charge in [0.15, 0.2) is 0 Å². The minimum absolute atomic E-state index is 0.000867. The van der Waals surface area contributed by atoms with E-state index in [9.17, 15) is 18.0 Å². The van der Waals surface area contributed by atoms with E-state index < -0.39 is 17.6 Å². The molecular formula is C14H23F3N2O. The van der Waals surface area contributed by atoms with Crippen LogP contribution in [0.15, 0.2) is 0 Å². The standard InChI is InChI=1S/C14H23F3N2O/c1-10-3-2-6-13(18,9-10)12(20)19-7-4-11(5-8-19)14(15,16)17/h10-11H,2-9,18H2,1H3. The van der Waals surface area contributed by atoms with Crippen molar-refractivity contribution in [2.75, 3.05) is 13.1 Å². The molecule has 1 amide bonds. The van der Waals surface area contributed by atoms with Gasteiger partial charge in [0.05, 0.1) is 11.5 Å². The van der Waals surface area contributed by atoms with Crippen molar-refractivity contribution in [2.24, 2.45) is 17.6 Å². The molecule has 0 aromatic heterocycles. The van der Waals surface area contributed by atoms with Gasteiger partial charge in [-0.05, 0) is 31.6 Å². The number of carbonyl (C=O) groups is 1. The predicted molar refractivity (Wildman–Crippen MR) is 69.9 cm³/mol. The van der Waals surface area contributed by atoms with Crippen LogP contribution in [0, 0.1) is 11.8 Å². The summed E-state index contributed by atoms with van der Waals surface area (Å²) in [5.41, 5.74) is 5.37. The molecule has 0 aromatic carbocycles. The first-order chi connectivity index (χ1) is 9.22. The summed E-state index contributed by atoms with van der Waals surface area (Å²) in [5, 5.41) is 0. The van der Waals surface area contributed by atoms with E-state index in [-0.39, 0.29) is 31.8 Å². The van der Waals surface area contributed by atoms with Gasteiger partial charge in [0.1, 0.15) is 0 Å². The topological polar surface area (TPSA) is 46.3 Å². The van der Waals surface area contributed by atoms with Crippen molar-refractivity contribution < 1.29 is 18.0 Å². The maximum absolute atomic E-state index is 12.6. The van der Waals surface area contributed by atoms with Crippen LogP contribution in [-0.4, -0.2) is 35.6 Å². The third kappa shape index (κ3) is 3.27. The monoisotopic (exact) mass is 292 g/mol. The average Bonchev–Trinajstić information content (AvgIpc) is 2.37. The van der Waals surface area contributed by atoms with Crippen molar-refractivity contribution >= 4 is 5.91 Å². The van der Waals surface area contributed by atoms with Gasteiger partial charge in [0.2, 0.25) is 5.91 Å². The number of nitrogens with two attached hydrogens (primary N) is 1. The van der Waals surface area contributed by atoms with E-state index in [1.807, 2.05) is 0 Å². The zero-order valence-electron chi connectivity index (χ0n) is 11.9. The molecule has 1 aliphatic heterocycles. The first-order valence-corrected chi connectivity index (χ1v) is 7.37. The van der Waals surface area contributed by atoms with E-state index in [0.29, 0.717) is 18.8 Å². The number of nitrogens with zero attached hydrogens (tertiary/aromatic N) is 1. The highest BCUT2D eigenvalue weighted by Crippen LogP contribution is 2.36. The third-order valence-electron chi connectivity index (χ3n) is 4.70. The molecule has 2 atom stereocenters. The number of amides is 1. The Morgan fingerprint density at radius 1 is 1.25 bits per heavy atom. The van der Waals surface area contributed by atoms with E-state index in [1.165, 1.54) is 0 Å². The lowest BCUT2D eigenvalue weighted by Crippen LogP contribution is -2.59. The fourth-order valence-electron chi connectivity index (χ4n) is 3.51. The molecule has 1 saturated carbocycles. The van der Waals surface area contributed by atoms with Gasteiger partial charge in [0, 0.05) is 13.1 Å². The van der Waals surface area contributed by atoms with E-state index in [1.54, 1.807) is 4.90 Å². The molecule has 2 rings (SSSR count). The van der Waals surface area contributed by atoms with Crippen LogP contribution in [0.2, 0.25) is 0 Å². The van der Waals surface area contributed by atoms with Gasteiger partial charge in [0.25, 0.3) is 0 Å². The number of piperidine rings is 1. The molecule has 2 fully saturated rings. The van der Waals surface area contributed by atoms with E-state index in [2.05, 4.69) is 6.92 Å². The Morgan fingerprint density at radius 2 is 1.85 bits per heavy atom. The number of carbonyl (C=O) groups excluding carboxylic acids is 1. The Bertz CT molecular complexity index is 364. The van der Waals surface area contributed by atoms with Gasteiger partial charge in [-0.1, -0.05) is 19.8 Å². The fraction of sp³-hybridized carbons (Fsp3) is 0.929. The van der Waals surface area contributed by atoms with Crippen molar-refractivity contribution in [2.45, 2.75) is 57.2 Å². The quantitative estimate of drug-likeness (QED) is 0.807. The zero-order chi connectivity index (χ0) is 15.0. The molecule has 0 bridgehead atoms. The summed E-state index contributed by atoms with van der Waals surface area (Å²) in [6, 6.07) is 0. The van der Waals surface area contributed by atoms with Crippen molar-refractivity contribution in [1.29, 1.82) is 0 Å². The van der Waals surface area contributed by atoms with E-state index in [0.717, 1.165) is 12.8 Å². The molecule has 3 nitrogen and oxygen atoms in total. The summed E-state index contributed by atoms with van der Waals surface area (Å²) >= 11 is 0. The zero-order valence-corrected chi connectivity index (χ0v) is 11.9. The maximum Gasteiger partial charge on any atom is 0.391 e. The lowest BCUT2D eigenvalue weighted by Gasteiger charge is -2.41. The molecule has 1 aliphatic carbocycles. The van der Waals surface area contributed by atoms with Gasteiger partial charge in [-0.15, -0.1) is 0 Å². The Morgan fingerprint density at radius 3 is 2.35 bits per heavy atom. The minimum Gasteiger partial charge on any atom is -0.341 e. The first-order valence-electron chi connectivity index (χ1n) is 7.37. The summed E-state index contributed by atoms with van der Waals surface area (Å²) in [7, 11) is 0. The second-order valence-electron chi connectivity index (χ2n) is 6.47. The lowest BCUT2D eigenvalue weighted by atomic mass is 9.76. The third-order valence-corrected chi connectivity index (χ3v) is 4.70. The van der Waals surface area contributed by atoms with Crippen molar-refractivity contribution in [3.8, 4) is 0 Å². The highest BCUT2D eigenvalue weighted by Gasteiger charge is 2.45. The van der Waals surface area contributed by atoms with Crippen LogP contribution in [0.1, 0.15) is 45.4 Å². The average molecular weight is 292 g/mol. The Balaban J connectivity index is 1.95. The van der Waals surface area contributed by atoms with Gasteiger partial charge in [-0.2, -0.15) is 13.2 Å². The molecular weight excluding hydrogens is 269 g/mol. The predicted octanol–water partition coefficient (Wildman–Crippen LogP) is 2.69. The molecule has 1 heterocycles. The SMILES string of the molecule is CC1CCCC(N)(C(=O)N2CCC(C(F)(F)F)CC2)C1. The van der Waals surface area contributed by atoms with Gasteiger partial charge in [-0.3, -0.25) is 4.79 Å². The minimum atomic E-state index is -4.14. The van der Waals surface area contributed by atoms with Crippen LogP contribution in [0.5, 0.6) is 0 Å². The van der Waals surface area contributed by atoms with Crippen molar-refractivity contribution in [1.82, 2.24) is 4.90 Å². The smallest absolute Gasteiger partial charge is 0.341 e. The number of alkyl halides is 3. The van der Waals surface area contributed by atoms with Crippen molar-refractivity contribution in [3.63, 3.8) is 0 Å². The second kappa shape index (κ2) is 5.54. The molecule has 6 heteroatoms. The molecule has 116 valence electrons. The number of hydrogen-bond acceptors (Lipinski definition) is 2. The van der Waals surface area contributed by atoms with Crippen LogP contribution in [0.3, 0.4) is 0 Å². The molecule has 1 saturated heterocycles. The summed E-state index contributed by atoms with van der Waals surface area (Å²) in [6.45, 7) is 2.43. The maximum atomic E-state index is 12.6. The van der Waals surface area contributed by atoms with E-state index >= 15 is 0 Å². The van der Waals surface area contributed by atoms with Crippen LogP contribution >= 0.6 is 0 Å². The molecule has 2 unspecified atom stereocenters.